The van der Waals surface area contributed by atoms with Gasteiger partial charge in [-0.3, -0.25) is 4.79 Å². The molecule has 0 radical (unpaired) electrons. The van der Waals surface area contributed by atoms with Crippen molar-refractivity contribution in [1.82, 2.24) is 10.1 Å². The number of hydrogen-bond donors (Lipinski definition) is 2. The minimum atomic E-state index is -1.01. The van der Waals surface area contributed by atoms with Crippen LogP contribution < -0.4 is 5.32 Å². The normalized spacial score (nSPS) is 13.7. The fourth-order valence-corrected chi connectivity index (χ4v) is 2.43. The first-order valence-electron chi connectivity index (χ1n) is 7.99. The van der Waals surface area contributed by atoms with Crippen LogP contribution in [0.4, 0.5) is 5.69 Å². The lowest BCUT2D eigenvalue weighted by Gasteiger charge is -2.07. The van der Waals surface area contributed by atoms with Crippen LogP contribution in [0.5, 0.6) is 0 Å². The summed E-state index contributed by atoms with van der Waals surface area (Å²) in [7, 11) is 0. The molecule has 1 amide bonds. The highest BCUT2D eigenvalue weighted by Crippen LogP contribution is 2.38. The lowest BCUT2D eigenvalue weighted by molar-refractivity contribution is -0.116. The number of hydrogen-bond acceptors (Lipinski definition) is 5. The van der Waals surface area contributed by atoms with E-state index in [2.05, 4.69) is 15.5 Å². The highest BCUT2D eigenvalue weighted by atomic mass is 16.5. The van der Waals surface area contributed by atoms with Gasteiger partial charge in [0.25, 0.3) is 0 Å². The van der Waals surface area contributed by atoms with Gasteiger partial charge in [0.05, 0.1) is 5.56 Å². The maximum atomic E-state index is 12.0. The summed E-state index contributed by atoms with van der Waals surface area (Å²) in [4.78, 5) is 27.4. The minimum absolute atomic E-state index is 0.169. The van der Waals surface area contributed by atoms with Gasteiger partial charge in [-0.05, 0) is 43.9 Å². The predicted octanol–water partition coefficient (Wildman–Crippen LogP) is 2.92. The van der Waals surface area contributed by atoms with E-state index in [1.165, 1.54) is 6.07 Å². The van der Waals surface area contributed by atoms with Crippen molar-refractivity contribution in [2.45, 2.75) is 44.9 Å². The lowest BCUT2D eigenvalue weighted by Crippen LogP contribution is -2.12. The molecule has 2 aromatic rings. The summed E-state index contributed by atoms with van der Waals surface area (Å²) in [6, 6.07) is 4.84. The van der Waals surface area contributed by atoms with Crippen molar-refractivity contribution in [3.63, 3.8) is 0 Å². The number of carbonyl (C=O) groups excluding carboxylic acids is 1. The van der Waals surface area contributed by atoms with E-state index >= 15 is 0 Å². The molecule has 0 spiro atoms. The maximum Gasteiger partial charge on any atom is 0.336 e. The molecule has 1 saturated carbocycles. The van der Waals surface area contributed by atoms with Crippen LogP contribution >= 0.6 is 0 Å². The Kier molecular flexibility index (Phi) is 4.59. The van der Waals surface area contributed by atoms with Crippen molar-refractivity contribution in [2.75, 3.05) is 5.32 Å². The first-order valence-corrected chi connectivity index (χ1v) is 7.99. The third-order valence-electron chi connectivity index (χ3n) is 3.97. The number of amides is 1. The Balaban J connectivity index is 1.48. The van der Waals surface area contributed by atoms with Crippen LogP contribution in [-0.4, -0.2) is 27.1 Å². The molecule has 1 heterocycles. The first kappa shape index (κ1) is 16.2. The van der Waals surface area contributed by atoms with Crippen molar-refractivity contribution in [3.05, 3.63) is 41.0 Å². The second-order valence-electron chi connectivity index (χ2n) is 6.06. The van der Waals surface area contributed by atoms with E-state index in [0.29, 0.717) is 42.3 Å². The highest BCUT2D eigenvalue weighted by molar-refractivity contribution is 5.94. The van der Waals surface area contributed by atoms with Gasteiger partial charge in [0.2, 0.25) is 11.8 Å². The van der Waals surface area contributed by atoms with Crippen LogP contribution in [0.3, 0.4) is 0 Å². The largest absolute Gasteiger partial charge is 0.478 e. The second-order valence-corrected chi connectivity index (χ2v) is 6.06. The fourth-order valence-electron chi connectivity index (χ4n) is 2.43. The molecular formula is C17H19N3O4. The van der Waals surface area contributed by atoms with E-state index in [0.717, 1.165) is 18.7 Å². The van der Waals surface area contributed by atoms with E-state index in [1.807, 2.05) is 0 Å². The Morgan fingerprint density at radius 1 is 1.38 bits per heavy atom. The zero-order valence-electron chi connectivity index (χ0n) is 13.4. The van der Waals surface area contributed by atoms with Gasteiger partial charge < -0.3 is 14.9 Å². The zero-order chi connectivity index (χ0) is 17.1. The van der Waals surface area contributed by atoms with Gasteiger partial charge in [0.15, 0.2) is 5.82 Å². The summed E-state index contributed by atoms with van der Waals surface area (Å²) in [6.45, 7) is 1.72. The summed E-state index contributed by atoms with van der Waals surface area (Å²) >= 11 is 0. The van der Waals surface area contributed by atoms with Gasteiger partial charge >= 0.3 is 5.97 Å². The van der Waals surface area contributed by atoms with Gasteiger partial charge in [0.1, 0.15) is 0 Å². The number of carboxylic acid groups (broad SMARTS) is 1. The molecule has 0 unspecified atom stereocenters. The van der Waals surface area contributed by atoms with Gasteiger partial charge in [-0.2, -0.15) is 4.98 Å². The van der Waals surface area contributed by atoms with Crippen LogP contribution in [0.25, 0.3) is 0 Å². The molecule has 1 fully saturated rings. The number of rotatable bonds is 7. The van der Waals surface area contributed by atoms with E-state index in [1.54, 1.807) is 19.1 Å². The Morgan fingerprint density at radius 3 is 2.88 bits per heavy atom. The molecule has 126 valence electrons. The van der Waals surface area contributed by atoms with Crippen LogP contribution in [0.2, 0.25) is 0 Å². The van der Waals surface area contributed by atoms with Crippen molar-refractivity contribution in [1.29, 1.82) is 0 Å². The van der Waals surface area contributed by atoms with Gasteiger partial charge in [-0.15, -0.1) is 0 Å². The Labute approximate surface area is 139 Å². The third-order valence-corrected chi connectivity index (χ3v) is 3.97. The van der Waals surface area contributed by atoms with Crippen LogP contribution in [0.15, 0.2) is 22.7 Å². The number of carbonyl (C=O) groups is 2. The molecule has 24 heavy (non-hydrogen) atoms. The fraction of sp³-hybridized carbons (Fsp3) is 0.412. The third kappa shape index (κ3) is 3.98. The summed E-state index contributed by atoms with van der Waals surface area (Å²) in [5.41, 5.74) is 1.33. The molecule has 7 nitrogen and oxygen atoms in total. The van der Waals surface area contributed by atoms with E-state index in [4.69, 9.17) is 9.63 Å². The summed E-state index contributed by atoms with van der Waals surface area (Å²) in [5.74, 6) is 0.614. The molecule has 0 bridgehead atoms. The minimum Gasteiger partial charge on any atom is -0.478 e. The number of benzene rings is 1. The molecule has 1 aromatic heterocycles. The summed E-state index contributed by atoms with van der Waals surface area (Å²) < 4.78 is 5.16. The Morgan fingerprint density at radius 2 is 2.17 bits per heavy atom. The van der Waals surface area contributed by atoms with Crippen molar-refractivity contribution in [2.24, 2.45) is 0 Å². The van der Waals surface area contributed by atoms with Crippen molar-refractivity contribution in [3.8, 4) is 0 Å². The number of anilines is 1. The zero-order valence-corrected chi connectivity index (χ0v) is 13.4. The molecule has 0 atom stereocenters. The average Bonchev–Trinajstić information content (AvgIpc) is 3.28. The topological polar surface area (TPSA) is 105 Å². The van der Waals surface area contributed by atoms with Crippen molar-refractivity contribution < 1.29 is 19.2 Å². The van der Waals surface area contributed by atoms with Crippen molar-refractivity contribution >= 4 is 17.6 Å². The molecule has 3 rings (SSSR count). The van der Waals surface area contributed by atoms with Crippen LogP contribution in [0.1, 0.15) is 59.2 Å². The first-order chi connectivity index (χ1) is 11.5. The molecule has 7 heteroatoms. The monoisotopic (exact) mass is 329 g/mol. The molecular weight excluding hydrogens is 310 g/mol. The quantitative estimate of drug-likeness (QED) is 0.809. The smallest absolute Gasteiger partial charge is 0.336 e. The van der Waals surface area contributed by atoms with Gasteiger partial charge in [0, 0.05) is 24.4 Å². The van der Waals surface area contributed by atoms with E-state index in [-0.39, 0.29) is 11.5 Å². The Bertz CT molecular complexity index is 765. The second kappa shape index (κ2) is 6.82. The number of nitrogens with zero attached hydrogens (tertiary/aromatic N) is 2. The average molecular weight is 329 g/mol. The van der Waals surface area contributed by atoms with Crippen LogP contribution in [0, 0.1) is 6.92 Å². The Hall–Kier alpha value is -2.70. The molecule has 2 N–H and O–H groups in total. The number of carboxylic acids is 1. The number of aromatic nitrogens is 2. The number of aryl methyl sites for hydroxylation is 2. The number of nitrogens with one attached hydrogen (secondary N) is 1. The SMILES string of the molecule is Cc1ccc(NC(=O)CCCc2nc(C3CC3)no2)cc1C(=O)O. The molecule has 1 aliphatic carbocycles. The highest BCUT2D eigenvalue weighted by Gasteiger charge is 2.28. The molecule has 0 saturated heterocycles. The maximum absolute atomic E-state index is 12.0. The lowest BCUT2D eigenvalue weighted by atomic mass is 10.1. The number of aromatic carboxylic acids is 1. The van der Waals surface area contributed by atoms with Gasteiger partial charge in [-0.25, -0.2) is 4.79 Å². The van der Waals surface area contributed by atoms with E-state index in [9.17, 15) is 9.59 Å². The molecule has 1 aliphatic rings. The predicted molar refractivity (Wildman–Crippen MR) is 86.0 cm³/mol. The summed E-state index contributed by atoms with van der Waals surface area (Å²) in [5, 5.41) is 15.8. The molecule has 1 aromatic carbocycles. The standard InChI is InChI=1S/C17H19N3O4/c1-10-5-8-12(9-13(10)17(22)23)18-14(21)3-2-4-15-19-16(20-24-15)11-6-7-11/h5,8-9,11H,2-4,6-7H2,1H3,(H,18,21)(H,22,23). The summed E-state index contributed by atoms with van der Waals surface area (Å²) in [6.07, 6.45) is 3.70. The molecule has 0 aliphatic heterocycles. The van der Waals surface area contributed by atoms with Gasteiger partial charge in [-0.1, -0.05) is 11.2 Å². The van der Waals surface area contributed by atoms with Crippen LogP contribution in [-0.2, 0) is 11.2 Å². The van der Waals surface area contributed by atoms with E-state index < -0.39 is 5.97 Å².